The summed E-state index contributed by atoms with van der Waals surface area (Å²) in [5.74, 6) is 0. The first-order valence-corrected chi connectivity index (χ1v) is 8.64. The van der Waals surface area contributed by atoms with Crippen LogP contribution in [0.1, 0.15) is 75.5 Å². The Morgan fingerprint density at radius 1 is 1.10 bits per heavy atom. The largest absolute Gasteiger partial charge is 0.309 e. The average Bonchev–Trinajstić information content (AvgIpc) is 2.87. The summed E-state index contributed by atoms with van der Waals surface area (Å²) in [5, 5.41) is 3.95. The minimum atomic E-state index is 0.595. The van der Waals surface area contributed by atoms with Crippen LogP contribution >= 0.6 is 0 Å². The number of fused-ring (bicyclic) bond motifs is 1. The zero-order chi connectivity index (χ0) is 13.8. The molecular weight excluding hydrogens is 242 g/mol. The molecule has 0 radical (unpaired) electrons. The van der Waals surface area contributed by atoms with E-state index in [2.05, 4.69) is 36.5 Å². The van der Waals surface area contributed by atoms with Crippen molar-refractivity contribution < 1.29 is 0 Å². The Morgan fingerprint density at radius 3 is 2.70 bits per heavy atom. The van der Waals surface area contributed by atoms with Crippen LogP contribution in [0.25, 0.3) is 0 Å². The third kappa shape index (κ3) is 2.93. The molecule has 2 aliphatic carbocycles. The van der Waals surface area contributed by atoms with Crippen molar-refractivity contribution >= 4 is 0 Å². The van der Waals surface area contributed by atoms with E-state index in [0.29, 0.717) is 11.5 Å². The number of aryl methyl sites for hydroxylation is 1. The highest BCUT2D eigenvalue weighted by Gasteiger charge is 2.32. The van der Waals surface area contributed by atoms with Crippen LogP contribution in [-0.2, 0) is 6.42 Å². The number of nitrogens with one attached hydrogen (secondary N) is 1. The first-order valence-electron chi connectivity index (χ1n) is 8.64. The van der Waals surface area contributed by atoms with E-state index in [1.165, 1.54) is 64.3 Å². The number of rotatable bonds is 4. The predicted molar refractivity (Wildman–Crippen MR) is 85.9 cm³/mol. The lowest BCUT2D eigenvalue weighted by Crippen LogP contribution is -2.34. The number of benzene rings is 1. The number of hydrogen-bond donors (Lipinski definition) is 1. The van der Waals surface area contributed by atoms with Gasteiger partial charge in [-0.25, -0.2) is 0 Å². The van der Waals surface area contributed by atoms with Crippen molar-refractivity contribution in [3.63, 3.8) is 0 Å². The van der Waals surface area contributed by atoms with Gasteiger partial charge < -0.3 is 5.32 Å². The highest BCUT2D eigenvalue weighted by atomic mass is 14.9. The lowest BCUT2D eigenvalue weighted by molar-refractivity contribution is 0.253. The minimum Gasteiger partial charge on any atom is -0.309 e. The van der Waals surface area contributed by atoms with Gasteiger partial charge in [-0.15, -0.1) is 0 Å². The Morgan fingerprint density at radius 2 is 1.90 bits per heavy atom. The molecule has 1 aromatic carbocycles. The molecule has 0 aliphatic heterocycles. The van der Waals surface area contributed by atoms with Gasteiger partial charge in [0.25, 0.3) is 0 Å². The second-order valence-corrected chi connectivity index (χ2v) is 6.94. The van der Waals surface area contributed by atoms with E-state index in [9.17, 15) is 0 Å². The van der Waals surface area contributed by atoms with E-state index in [-0.39, 0.29) is 0 Å². The standard InChI is InChI=1S/C19H29N/c1-2-19(13-7-8-14-19)15-20-18-12-6-4-10-16-9-3-5-11-17(16)18/h3,5,9,11,18,20H,2,4,6-8,10,12-15H2,1H3. The summed E-state index contributed by atoms with van der Waals surface area (Å²) in [6.07, 6.45) is 12.4. The molecule has 1 atom stereocenters. The maximum atomic E-state index is 3.95. The molecule has 0 spiro atoms. The van der Waals surface area contributed by atoms with Crippen molar-refractivity contribution in [2.24, 2.45) is 5.41 Å². The molecule has 1 aromatic rings. The SMILES string of the molecule is CCC1(CNC2CCCCc3ccccc32)CCCC1. The van der Waals surface area contributed by atoms with Gasteiger partial charge in [0.15, 0.2) is 0 Å². The Labute approximate surface area is 124 Å². The molecule has 1 heteroatoms. The van der Waals surface area contributed by atoms with Crippen molar-refractivity contribution in [1.82, 2.24) is 5.32 Å². The normalized spacial score (nSPS) is 25.1. The monoisotopic (exact) mass is 271 g/mol. The molecular formula is C19H29N. The van der Waals surface area contributed by atoms with Gasteiger partial charge in [-0.3, -0.25) is 0 Å². The fourth-order valence-electron chi connectivity index (χ4n) is 4.25. The van der Waals surface area contributed by atoms with E-state index in [0.717, 1.165) is 0 Å². The average molecular weight is 271 g/mol. The lowest BCUT2D eigenvalue weighted by Gasteiger charge is -2.31. The molecule has 20 heavy (non-hydrogen) atoms. The van der Waals surface area contributed by atoms with E-state index in [1.54, 1.807) is 11.1 Å². The molecule has 1 fully saturated rings. The summed E-state index contributed by atoms with van der Waals surface area (Å²) >= 11 is 0. The summed E-state index contributed by atoms with van der Waals surface area (Å²) in [5.41, 5.74) is 3.76. The second-order valence-electron chi connectivity index (χ2n) is 6.94. The number of hydrogen-bond acceptors (Lipinski definition) is 1. The van der Waals surface area contributed by atoms with Crippen LogP contribution in [0.2, 0.25) is 0 Å². The summed E-state index contributed by atoms with van der Waals surface area (Å²) < 4.78 is 0. The highest BCUT2D eigenvalue weighted by molar-refractivity contribution is 5.31. The summed E-state index contributed by atoms with van der Waals surface area (Å²) in [6.45, 7) is 3.61. The highest BCUT2D eigenvalue weighted by Crippen LogP contribution is 2.41. The third-order valence-corrected chi connectivity index (χ3v) is 5.76. The first-order chi connectivity index (χ1) is 9.83. The molecule has 1 unspecified atom stereocenters. The van der Waals surface area contributed by atoms with Crippen molar-refractivity contribution in [2.45, 2.75) is 70.8 Å². The Hall–Kier alpha value is -0.820. The fraction of sp³-hybridized carbons (Fsp3) is 0.684. The molecule has 2 aliphatic rings. The van der Waals surface area contributed by atoms with Gasteiger partial charge in [-0.1, -0.05) is 50.5 Å². The molecule has 0 amide bonds. The topological polar surface area (TPSA) is 12.0 Å². The summed E-state index contributed by atoms with van der Waals surface area (Å²) in [7, 11) is 0. The molecule has 3 rings (SSSR count). The van der Waals surface area contributed by atoms with Gasteiger partial charge in [-0.2, -0.15) is 0 Å². The third-order valence-electron chi connectivity index (χ3n) is 5.76. The Balaban J connectivity index is 1.70. The van der Waals surface area contributed by atoms with Crippen LogP contribution in [0.5, 0.6) is 0 Å². The van der Waals surface area contributed by atoms with E-state index >= 15 is 0 Å². The maximum Gasteiger partial charge on any atom is 0.0323 e. The maximum absolute atomic E-state index is 3.95. The van der Waals surface area contributed by atoms with Crippen molar-refractivity contribution in [1.29, 1.82) is 0 Å². The van der Waals surface area contributed by atoms with E-state index in [4.69, 9.17) is 0 Å². The van der Waals surface area contributed by atoms with E-state index in [1.807, 2.05) is 0 Å². The summed E-state index contributed by atoms with van der Waals surface area (Å²) in [4.78, 5) is 0. The molecule has 1 nitrogen and oxygen atoms in total. The molecule has 0 saturated heterocycles. The van der Waals surface area contributed by atoms with Crippen LogP contribution in [-0.4, -0.2) is 6.54 Å². The van der Waals surface area contributed by atoms with Crippen LogP contribution in [0.15, 0.2) is 24.3 Å². The van der Waals surface area contributed by atoms with Gasteiger partial charge in [0.1, 0.15) is 0 Å². The van der Waals surface area contributed by atoms with Gasteiger partial charge in [0.2, 0.25) is 0 Å². The Kier molecular flexibility index (Phi) is 4.45. The Bertz CT molecular complexity index is 431. The van der Waals surface area contributed by atoms with Crippen molar-refractivity contribution in [2.75, 3.05) is 6.54 Å². The molecule has 0 heterocycles. The molecule has 0 bridgehead atoms. The molecule has 1 saturated carbocycles. The minimum absolute atomic E-state index is 0.595. The van der Waals surface area contributed by atoms with Crippen LogP contribution in [0.3, 0.4) is 0 Å². The predicted octanol–water partition coefficient (Wildman–Crippen LogP) is 5.01. The zero-order valence-electron chi connectivity index (χ0n) is 13.0. The molecule has 110 valence electrons. The van der Waals surface area contributed by atoms with Crippen LogP contribution < -0.4 is 5.32 Å². The quantitative estimate of drug-likeness (QED) is 0.759. The fourth-order valence-corrected chi connectivity index (χ4v) is 4.25. The van der Waals surface area contributed by atoms with Gasteiger partial charge >= 0.3 is 0 Å². The molecule has 1 N–H and O–H groups in total. The summed E-state index contributed by atoms with van der Waals surface area (Å²) in [6, 6.07) is 9.69. The van der Waals surface area contributed by atoms with Crippen molar-refractivity contribution in [3.8, 4) is 0 Å². The van der Waals surface area contributed by atoms with Gasteiger partial charge in [-0.05, 0) is 55.1 Å². The lowest BCUT2D eigenvalue weighted by atomic mass is 9.83. The van der Waals surface area contributed by atoms with Crippen LogP contribution in [0, 0.1) is 5.41 Å². The zero-order valence-corrected chi connectivity index (χ0v) is 13.0. The first kappa shape index (κ1) is 14.1. The van der Waals surface area contributed by atoms with Gasteiger partial charge in [0, 0.05) is 12.6 Å². The smallest absolute Gasteiger partial charge is 0.0323 e. The second kappa shape index (κ2) is 6.30. The van der Waals surface area contributed by atoms with Crippen LogP contribution in [0.4, 0.5) is 0 Å². The van der Waals surface area contributed by atoms with Crippen molar-refractivity contribution in [3.05, 3.63) is 35.4 Å². The molecule has 0 aromatic heterocycles. The van der Waals surface area contributed by atoms with Gasteiger partial charge in [0.05, 0.1) is 0 Å². The van der Waals surface area contributed by atoms with E-state index < -0.39 is 0 Å².